The van der Waals surface area contributed by atoms with Crippen LogP contribution in [0.25, 0.3) is 6.08 Å². The van der Waals surface area contributed by atoms with E-state index < -0.39 is 0 Å². The van der Waals surface area contributed by atoms with Gasteiger partial charge in [0.15, 0.2) is 11.5 Å². The number of anilines is 1. The lowest BCUT2D eigenvalue weighted by Gasteiger charge is -2.12. The third-order valence-electron chi connectivity index (χ3n) is 3.84. The molecule has 0 radical (unpaired) electrons. The van der Waals surface area contributed by atoms with Crippen LogP contribution >= 0.6 is 27.5 Å². The Hall–Kier alpha value is -2.31. The molecule has 1 amide bonds. The standard InChI is InChI=1S/C19H16BrClN2O3/c1-3-26-15-10-12(17(21)16(20)18(15)24)9-14-11(2)22-23(19(14)25)13-7-5-4-6-8-13/h4-10,24H,3H2,1-2H3. The zero-order chi connectivity index (χ0) is 18.8. The van der Waals surface area contributed by atoms with E-state index >= 15 is 0 Å². The summed E-state index contributed by atoms with van der Waals surface area (Å²) in [6, 6.07) is 10.8. The van der Waals surface area contributed by atoms with Crippen molar-refractivity contribution < 1.29 is 14.6 Å². The van der Waals surface area contributed by atoms with Gasteiger partial charge in [0.25, 0.3) is 5.91 Å². The Bertz CT molecular complexity index is 926. The molecule has 3 rings (SSSR count). The largest absolute Gasteiger partial charge is 0.503 e. The number of hydrogen-bond acceptors (Lipinski definition) is 4. The number of rotatable bonds is 4. The number of hydrogen-bond donors (Lipinski definition) is 1. The van der Waals surface area contributed by atoms with Crippen LogP contribution in [-0.2, 0) is 4.79 Å². The lowest BCUT2D eigenvalue weighted by Crippen LogP contribution is -2.21. The minimum absolute atomic E-state index is 0.0759. The molecule has 0 saturated carbocycles. The van der Waals surface area contributed by atoms with Gasteiger partial charge in [-0.25, -0.2) is 0 Å². The Labute approximate surface area is 164 Å². The number of carbonyl (C=O) groups excluding carboxylic acids is 1. The summed E-state index contributed by atoms with van der Waals surface area (Å²) in [7, 11) is 0. The van der Waals surface area contributed by atoms with Gasteiger partial charge in [0, 0.05) is 0 Å². The topological polar surface area (TPSA) is 62.1 Å². The lowest BCUT2D eigenvalue weighted by molar-refractivity contribution is -0.114. The van der Waals surface area contributed by atoms with Gasteiger partial charge in [0.2, 0.25) is 0 Å². The molecule has 7 heteroatoms. The number of nitrogens with zero attached hydrogens (tertiary/aromatic N) is 2. The maximum atomic E-state index is 12.8. The van der Waals surface area contributed by atoms with Gasteiger partial charge in [-0.3, -0.25) is 4.79 Å². The molecule has 0 aliphatic carbocycles. The van der Waals surface area contributed by atoms with Gasteiger partial charge < -0.3 is 9.84 Å². The fourth-order valence-corrected chi connectivity index (χ4v) is 3.19. The molecule has 0 aromatic heterocycles. The number of aromatic hydroxyl groups is 1. The highest BCUT2D eigenvalue weighted by Crippen LogP contribution is 2.42. The van der Waals surface area contributed by atoms with Crippen LogP contribution in [0.15, 0.2) is 51.5 Å². The van der Waals surface area contributed by atoms with E-state index in [1.165, 1.54) is 5.01 Å². The Morgan fingerprint density at radius 1 is 1.35 bits per heavy atom. The molecule has 5 nitrogen and oxygen atoms in total. The zero-order valence-corrected chi connectivity index (χ0v) is 16.5. The number of halogens is 2. The van der Waals surface area contributed by atoms with Crippen molar-refractivity contribution in [2.75, 3.05) is 11.6 Å². The monoisotopic (exact) mass is 434 g/mol. The molecule has 0 unspecified atom stereocenters. The molecule has 1 aliphatic rings. The molecule has 1 N–H and O–H groups in total. The van der Waals surface area contributed by atoms with E-state index in [9.17, 15) is 9.90 Å². The maximum absolute atomic E-state index is 12.8. The summed E-state index contributed by atoms with van der Waals surface area (Å²) in [6.07, 6.45) is 1.65. The van der Waals surface area contributed by atoms with E-state index in [1.807, 2.05) is 37.3 Å². The smallest absolute Gasteiger partial charge is 0.280 e. The summed E-state index contributed by atoms with van der Waals surface area (Å²) in [6.45, 7) is 3.97. The number of carbonyl (C=O) groups is 1. The summed E-state index contributed by atoms with van der Waals surface area (Å²) >= 11 is 9.59. The van der Waals surface area contributed by atoms with Crippen LogP contribution in [0.4, 0.5) is 5.69 Å². The van der Waals surface area contributed by atoms with Crippen molar-refractivity contribution in [2.45, 2.75) is 13.8 Å². The molecule has 26 heavy (non-hydrogen) atoms. The van der Waals surface area contributed by atoms with Crippen LogP contribution in [0.2, 0.25) is 5.02 Å². The number of ether oxygens (including phenoxy) is 1. The minimum Gasteiger partial charge on any atom is -0.503 e. The van der Waals surface area contributed by atoms with Gasteiger partial charge in [-0.2, -0.15) is 10.1 Å². The van der Waals surface area contributed by atoms with Crippen molar-refractivity contribution in [1.82, 2.24) is 0 Å². The predicted molar refractivity (Wildman–Crippen MR) is 107 cm³/mol. The Balaban J connectivity index is 2.03. The normalized spacial score (nSPS) is 15.5. The van der Waals surface area contributed by atoms with Crippen LogP contribution in [-0.4, -0.2) is 23.3 Å². The zero-order valence-electron chi connectivity index (χ0n) is 14.2. The van der Waals surface area contributed by atoms with Crippen LogP contribution < -0.4 is 9.75 Å². The van der Waals surface area contributed by atoms with E-state index in [1.54, 1.807) is 19.1 Å². The average Bonchev–Trinajstić information content (AvgIpc) is 2.92. The lowest BCUT2D eigenvalue weighted by atomic mass is 10.1. The average molecular weight is 436 g/mol. The summed E-state index contributed by atoms with van der Waals surface area (Å²) < 4.78 is 5.74. The van der Waals surface area contributed by atoms with Gasteiger partial charge in [0.1, 0.15) is 0 Å². The SMILES string of the molecule is CCOc1cc(C=C2C(=O)N(c3ccccc3)N=C2C)c(Cl)c(Br)c1O. The van der Waals surface area contributed by atoms with Gasteiger partial charge in [-0.05, 0) is 59.6 Å². The van der Waals surface area contributed by atoms with E-state index in [4.69, 9.17) is 16.3 Å². The van der Waals surface area contributed by atoms with E-state index in [0.717, 1.165) is 0 Å². The maximum Gasteiger partial charge on any atom is 0.280 e. The second-order valence-electron chi connectivity index (χ2n) is 5.57. The number of hydrazone groups is 1. The molecule has 0 bridgehead atoms. The molecule has 0 fully saturated rings. The first-order chi connectivity index (χ1) is 12.4. The number of para-hydroxylation sites is 1. The molecule has 1 aliphatic heterocycles. The third-order valence-corrected chi connectivity index (χ3v) is 5.24. The van der Waals surface area contributed by atoms with Gasteiger partial charge in [-0.1, -0.05) is 29.8 Å². The highest BCUT2D eigenvalue weighted by atomic mass is 79.9. The first-order valence-electron chi connectivity index (χ1n) is 7.94. The number of phenols is 1. The fraction of sp³-hybridized carbons (Fsp3) is 0.158. The van der Waals surface area contributed by atoms with Crippen LogP contribution in [0, 0.1) is 0 Å². The van der Waals surface area contributed by atoms with Crippen molar-refractivity contribution in [3.05, 3.63) is 57.0 Å². The minimum atomic E-state index is -0.244. The predicted octanol–water partition coefficient (Wildman–Crippen LogP) is 5.01. The Kier molecular flexibility index (Phi) is 5.34. The molecule has 0 saturated heterocycles. The number of phenolic OH excluding ortho intramolecular Hbond substituents is 1. The van der Waals surface area contributed by atoms with Crippen molar-refractivity contribution in [3.63, 3.8) is 0 Å². The van der Waals surface area contributed by atoms with E-state index in [-0.39, 0.29) is 22.4 Å². The molecule has 0 atom stereocenters. The van der Waals surface area contributed by atoms with Crippen molar-refractivity contribution in [2.24, 2.45) is 5.10 Å². The van der Waals surface area contributed by atoms with Gasteiger partial charge in [-0.15, -0.1) is 0 Å². The Morgan fingerprint density at radius 3 is 2.69 bits per heavy atom. The molecular formula is C19H16BrClN2O3. The Morgan fingerprint density at radius 2 is 2.04 bits per heavy atom. The quantitative estimate of drug-likeness (QED) is 0.687. The molecule has 2 aromatic rings. The summed E-state index contributed by atoms with van der Waals surface area (Å²) in [5.41, 5.74) is 2.24. The van der Waals surface area contributed by atoms with Gasteiger partial charge in [0.05, 0.1) is 33.1 Å². The van der Waals surface area contributed by atoms with Crippen molar-refractivity contribution in [3.8, 4) is 11.5 Å². The molecule has 1 heterocycles. The van der Waals surface area contributed by atoms with Crippen molar-refractivity contribution >= 4 is 50.9 Å². The second-order valence-corrected chi connectivity index (χ2v) is 6.74. The summed E-state index contributed by atoms with van der Waals surface area (Å²) in [5, 5.41) is 16.1. The second kappa shape index (κ2) is 7.51. The first kappa shape index (κ1) is 18.5. The van der Waals surface area contributed by atoms with Crippen molar-refractivity contribution in [1.29, 1.82) is 0 Å². The number of benzene rings is 2. The molecule has 2 aromatic carbocycles. The highest BCUT2D eigenvalue weighted by Gasteiger charge is 2.29. The molecular weight excluding hydrogens is 420 g/mol. The van der Waals surface area contributed by atoms with E-state index in [0.29, 0.717) is 33.6 Å². The van der Waals surface area contributed by atoms with Crippen LogP contribution in [0.3, 0.4) is 0 Å². The third kappa shape index (κ3) is 3.34. The van der Waals surface area contributed by atoms with Crippen LogP contribution in [0.1, 0.15) is 19.4 Å². The molecule has 134 valence electrons. The fourth-order valence-electron chi connectivity index (χ4n) is 2.57. The summed E-state index contributed by atoms with van der Waals surface area (Å²) in [5.74, 6) is -0.0319. The summed E-state index contributed by atoms with van der Waals surface area (Å²) in [4.78, 5) is 12.8. The highest BCUT2D eigenvalue weighted by molar-refractivity contribution is 9.10. The van der Waals surface area contributed by atoms with E-state index in [2.05, 4.69) is 21.0 Å². The first-order valence-corrected chi connectivity index (χ1v) is 9.11. The number of amides is 1. The molecule has 0 spiro atoms. The van der Waals surface area contributed by atoms with Gasteiger partial charge >= 0.3 is 0 Å². The van der Waals surface area contributed by atoms with Crippen LogP contribution in [0.5, 0.6) is 11.5 Å².